The van der Waals surface area contributed by atoms with E-state index in [1.165, 1.54) is 0 Å². The molecule has 6 nitrogen and oxygen atoms in total. The Morgan fingerprint density at radius 3 is 2.35 bits per heavy atom. The molecule has 0 bridgehead atoms. The summed E-state index contributed by atoms with van der Waals surface area (Å²) in [5, 5.41) is 13.8. The highest BCUT2D eigenvalue weighted by molar-refractivity contribution is 6.30. The predicted molar refractivity (Wildman–Crippen MR) is 73.7 cm³/mol. The second-order valence-corrected chi connectivity index (χ2v) is 4.47. The monoisotopic (exact) mass is 298 g/mol. The molecule has 0 fully saturated rings. The summed E-state index contributed by atoms with van der Waals surface area (Å²) in [5.41, 5.74) is 0.490. The Labute approximate surface area is 121 Å². The van der Waals surface area contributed by atoms with E-state index < -0.39 is 12.5 Å². The summed E-state index contributed by atoms with van der Waals surface area (Å²) in [6, 6.07) is 6.46. The van der Waals surface area contributed by atoms with Crippen LogP contribution in [0.5, 0.6) is 0 Å². The predicted octanol–water partition coefficient (Wildman–Crippen LogP) is 1.05. The largest absolute Gasteiger partial charge is 0.480 e. The van der Waals surface area contributed by atoms with E-state index in [1.54, 1.807) is 24.3 Å². The van der Waals surface area contributed by atoms with E-state index in [-0.39, 0.29) is 18.2 Å². The van der Waals surface area contributed by atoms with Gasteiger partial charge in [-0.05, 0) is 30.7 Å². The van der Waals surface area contributed by atoms with E-state index in [0.29, 0.717) is 23.6 Å². The van der Waals surface area contributed by atoms with Gasteiger partial charge in [0.25, 0.3) is 5.91 Å². The molecule has 108 valence electrons. The summed E-state index contributed by atoms with van der Waals surface area (Å²) >= 11 is 5.71. The van der Waals surface area contributed by atoms with Gasteiger partial charge in [-0.15, -0.1) is 0 Å². The lowest BCUT2D eigenvalue weighted by atomic mass is 10.2. The summed E-state index contributed by atoms with van der Waals surface area (Å²) in [6.45, 7) is -0.0576. The van der Waals surface area contributed by atoms with Crippen LogP contribution >= 0.6 is 11.6 Å². The number of nitrogens with one attached hydrogen (secondary N) is 2. The molecule has 0 unspecified atom stereocenters. The van der Waals surface area contributed by atoms with Gasteiger partial charge in [0.05, 0.1) is 0 Å². The highest BCUT2D eigenvalue weighted by Crippen LogP contribution is 2.09. The quantitative estimate of drug-likeness (QED) is 0.656. The number of carboxylic acids is 1. The first kappa shape index (κ1) is 16.0. The van der Waals surface area contributed by atoms with Crippen LogP contribution < -0.4 is 10.6 Å². The second kappa shape index (κ2) is 8.16. The minimum Gasteiger partial charge on any atom is -0.480 e. The van der Waals surface area contributed by atoms with E-state index in [1.807, 2.05) is 0 Å². The molecular weight excluding hydrogens is 284 g/mol. The summed E-state index contributed by atoms with van der Waals surface area (Å²) in [4.78, 5) is 33.1. The molecule has 0 saturated heterocycles. The molecule has 0 saturated carbocycles. The molecule has 0 aliphatic carbocycles. The SMILES string of the molecule is O=C(O)CNC(=O)CCCNC(=O)c1ccc(Cl)cc1. The summed E-state index contributed by atoms with van der Waals surface area (Å²) in [5.74, 6) is -1.69. The standard InChI is InChI=1S/C13H15ClN2O4/c14-10-5-3-9(4-6-10)13(20)15-7-1-2-11(17)16-8-12(18)19/h3-6H,1-2,7-8H2,(H,15,20)(H,16,17)(H,18,19). The summed E-state index contributed by atoms with van der Waals surface area (Å²) < 4.78 is 0. The number of aliphatic carboxylic acids is 1. The fourth-order valence-corrected chi connectivity index (χ4v) is 1.54. The molecule has 0 heterocycles. The van der Waals surface area contributed by atoms with Crippen LogP contribution in [0.2, 0.25) is 5.02 Å². The van der Waals surface area contributed by atoms with Gasteiger partial charge in [-0.2, -0.15) is 0 Å². The number of carboxylic acid groups (broad SMARTS) is 1. The van der Waals surface area contributed by atoms with Gasteiger partial charge in [0, 0.05) is 23.6 Å². The molecule has 1 aromatic rings. The number of hydrogen-bond donors (Lipinski definition) is 3. The van der Waals surface area contributed by atoms with E-state index in [9.17, 15) is 14.4 Å². The number of benzene rings is 1. The topological polar surface area (TPSA) is 95.5 Å². The van der Waals surface area contributed by atoms with Gasteiger partial charge in [0.1, 0.15) is 6.54 Å². The Hall–Kier alpha value is -2.08. The number of carbonyl (C=O) groups is 3. The Bertz CT molecular complexity index is 488. The lowest BCUT2D eigenvalue weighted by Gasteiger charge is -2.05. The average Bonchev–Trinajstić information content (AvgIpc) is 2.42. The Balaban J connectivity index is 2.20. The van der Waals surface area contributed by atoms with E-state index >= 15 is 0 Å². The summed E-state index contributed by atoms with van der Waals surface area (Å²) in [6.07, 6.45) is 0.596. The van der Waals surface area contributed by atoms with Crippen LogP contribution in [-0.2, 0) is 9.59 Å². The zero-order chi connectivity index (χ0) is 15.0. The van der Waals surface area contributed by atoms with Gasteiger partial charge >= 0.3 is 5.97 Å². The molecule has 2 amide bonds. The molecule has 1 rings (SSSR count). The van der Waals surface area contributed by atoms with Crippen molar-refractivity contribution in [2.24, 2.45) is 0 Å². The van der Waals surface area contributed by atoms with Gasteiger partial charge in [-0.3, -0.25) is 14.4 Å². The molecule has 1 aromatic carbocycles. The van der Waals surface area contributed by atoms with Crippen molar-refractivity contribution in [3.63, 3.8) is 0 Å². The zero-order valence-corrected chi connectivity index (χ0v) is 11.4. The fraction of sp³-hybridized carbons (Fsp3) is 0.308. The van der Waals surface area contributed by atoms with Crippen molar-refractivity contribution in [1.29, 1.82) is 0 Å². The highest BCUT2D eigenvalue weighted by Gasteiger charge is 2.06. The minimum atomic E-state index is -1.09. The number of rotatable bonds is 7. The van der Waals surface area contributed by atoms with Crippen molar-refractivity contribution in [3.05, 3.63) is 34.9 Å². The van der Waals surface area contributed by atoms with Gasteiger partial charge < -0.3 is 15.7 Å². The van der Waals surface area contributed by atoms with Crippen LogP contribution in [0, 0.1) is 0 Å². The molecule has 7 heteroatoms. The molecule has 0 aromatic heterocycles. The maximum atomic E-state index is 11.7. The molecule has 0 aliphatic heterocycles. The number of halogens is 1. The van der Waals surface area contributed by atoms with Crippen LogP contribution in [0.4, 0.5) is 0 Å². The van der Waals surface area contributed by atoms with Crippen molar-refractivity contribution in [2.45, 2.75) is 12.8 Å². The first-order valence-electron chi connectivity index (χ1n) is 6.01. The third kappa shape index (κ3) is 6.19. The first-order chi connectivity index (χ1) is 9.49. The lowest BCUT2D eigenvalue weighted by molar-refractivity contribution is -0.137. The maximum Gasteiger partial charge on any atom is 0.322 e. The minimum absolute atomic E-state index is 0.161. The van der Waals surface area contributed by atoms with Crippen LogP contribution in [0.25, 0.3) is 0 Å². The highest BCUT2D eigenvalue weighted by atomic mass is 35.5. The van der Waals surface area contributed by atoms with Crippen LogP contribution in [0.1, 0.15) is 23.2 Å². The number of amides is 2. The van der Waals surface area contributed by atoms with Crippen molar-refractivity contribution in [3.8, 4) is 0 Å². The third-order valence-electron chi connectivity index (χ3n) is 2.41. The van der Waals surface area contributed by atoms with Gasteiger partial charge in [-0.1, -0.05) is 11.6 Å². The van der Waals surface area contributed by atoms with Crippen molar-refractivity contribution >= 4 is 29.4 Å². The molecule has 3 N–H and O–H groups in total. The van der Waals surface area contributed by atoms with Gasteiger partial charge in [0.15, 0.2) is 0 Å². The molecule has 0 radical (unpaired) electrons. The summed E-state index contributed by atoms with van der Waals surface area (Å²) in [7, 11) is 0. The van der Waals surface area contributed by atoms with Crippen LogP contribution in [-0.4, -0.2) is 36.0 Å². The molecular formula is C13H15ClN2O4. The Morgan fingerprint density at radius 2 is 1.75 bits per heavy atom. The van der Waals surface area contributed by atoms with Gasteiger partial charge in [-0.25, -0.2) is 0 Å². The lowest BCUT2D eigenvalue weighted by Crippen LogP contribution is -2.30. The number of carbonyl (C=O) groups excluding carboxylic acids is 2. The van der Waals surface area contributed by atoms with Crippen molar-refractivity contribution in [1.82, 2.24) is 10.6 Å². The fourth-order valence-electron chi connectivity index (χ4n) is 1.42. The first-order valence-corrected chi connectivity index (χ1v) is 6.39. The Kier molecular flexibility index (Phi) is 6.52. The van der Waals surface area contributed by atoms with Crippen molar-refractivity contribution < 1.29 is 19.5 Å². The van der Waals surface area contributed by atoms with E-state index in [2.05, 4.69) is 10.6 Å². The average molecular weight is 299 g/mol. The Morgan fingerprint density at radius 1 is 1.10 bits per heavy atom. The maximum absolute atomic E-state index is 11.7. The smallest absolute Gasteiger partial charge is 0.322 e. The van der Waals surface area contributed by atoms with Crippen LogP contribution in [0.3, 0.4) is 0 Å². The van der Waals surface area contributed by atoms with Gasteiger partial charge in [0.2, 0.25) is 5.91 Å². The normalized spacial score (nSPS) is 9.85. The van der Waals surface area contributed by atoms with E-state index in [4.69, 9.17) is 16.7 Å². The molecule has 0 atom stereocenters. The van der Waals surface area contributed by atoms with Crippen molar-refractivity contribution in [2.75, 3.05) is 13.1 Å². The molecule has 0 spiro atoms. The second-order valence-electron chi connectivity index (χ2n) is 4.04. The zero-order valence-electron chi connectivity index (χ0n) is 10.7. The molecule has 20 heavy (non-hydrogen) atoms. The van der Waals surface area contributed by atoms with E-state index in [0.717, 1.165) is 0 Å². The number of hydrogen-bond acceptors (Lipinski definition) is 3. The molecule has 0 aliphatic rings. The van der Waals surface area contributed by atoms with Crippen LogP contribution in [0.15, 0.2) is 24.3 Å². The third-order valence-corrected chi connectivity index (χ3v) is 2.66.